The average molecular weight is 232 g/mol. The minimum Gasteiger partial charge on any atom is -0.381 e. The molecule has 1 N–H and O–H groups in total. The average Bonchev–Trinajstić information content (AvgIpc) is 2.75. The summed E-state index contributed by atoms with van der Waals surface area (Å²) < 4.78 is 0. The van der Waals surface area contributed by atoms with Crippen LogP contribution in [-0.4, -0.2) is 5.11 Å². The van der Waals surface area contributed by atoms with Gasteiger partial charge in [0.1, 0.15) is 5.60 Å². The van der Waals surface area contributed by atoms with Crippen molar-refractivity contribution in [2.45, 2.75) is 26.4 Å². The normalized spacial score (nSPS) is 14.8. The molecule has 0 aliphatic carbocycles. The van der Waals surface area contributed by atoms with Gasteiger partial charge < -0.3 is 5.11 Å². The van der Waals surface area contributed by atoms with Gasteiger partial charge in [-0.25, -0.2) is 0 Å². The number of aliphatic hydroxyl groups is 1. The van der Waals surface area contributed by atoms with Gasteiger partial charge in [-0.3, -0.25) is 0 Å². The predicted molar refractivity (Wildman–Crippen MR) is 68.9 cm³/mol. The highest BCUT2D eigenvalue weighted by molar-refractivity contribution is 7.08. The zero-order chi connectivity index (χ0) is 11.8. The second-order valence-corrected chi connectivity index (χ2v) is 5.18. The van der Waals surface area contributed by atoms with Crippen molar-refractivity contribution in [1.82, 2.24) is 0 Å². The van der Waals surface area contributed by atoms with Gasteiger partial charge in [0.05, 0.1) is 0 Å². The van der Waals surface area contributed by atoms with E-state index in [1.165, 1.54) is 5.56 Å². The SMILES string of the molecule is Cc1ccc(C)c(C(C)(O)c2ccsc2)c1. The molecule has 0 fully saturated rings. The molecule has 0 spiro atoms. The summed E-state index contributed by atoms with van der Waals surface area (Å²) in [6, 6.07) is 8.17. The summed E-state index contributed by atoms with van der Waals surface area (Å²) in [7, 11) is 0. The van der Waals surface area contributed by atoms with Crippen LogP contribution in [0.3, 0.4) is 0 Å². The molecule has 1 unspecified atom stereocenters. The highest BCUT2D eigenvalue weighted by Gasteiger charge is 2.27. The van der Waals surface area contributed by atoms with Gasteiger partial charge in [-0.05, 0) is 54.3 Å². The Balaban J connectivity index is 2.55. The molecular weight excluding hydrogens is 216 g/mol. The third-order valence-corrected chi connectivity index (χ3v) is 3.68. The van der Waals surface area contributed by atoms with Crippen LogP contribution in [0.5, 0.6) is 0 Å². The van der Waals surface area contributed by atoms with Gasteiger partial charge in [0.2, 0.25) is 0 Å². The van der Waals surface area contributed by atoms with Crippen LogP contribution in [0.1, 0.15) is 29.2 Å². The van der Waals surface area contributed by atoms with Crippen LogP contribution in [0.25, 0.3) is 0 Å². The van der Waals surface area contributed by atoms with E-state index in [1.54, 1.807) is 11.3 Å². The van der Waals surface area contributed by atoms with E-state index in [4.69, 9.17) is 0 Å². The molecule has 1 atom stereocenters. The van der Waals surface area contributed by atoms with Gasteiger partial charge in [0.15, 0.2) is 0 Å². The molecule has 1 aromatic heterocycles. The molecular formula is C14H16OS. The Morgan fingerprint density at radius 2 is 1.94 bits per heavy atom. The molecule has 1 aromatic carbocycles. The maximum Gasteiger partial charge on any atom is 0.113 e. The van der Waals surface area contributed by atoms with Crippen LogP contribution >= 0.6 is 11.3 Å². The number of thiophene rings is 1. The van der Waals surface area contributed by atoms with E-state index in [9.17, 15) is 5.11 Å². The Morgan fingerprint density at radius 1 is 1.19 bits per heavy atom. The van der Waals surface area contributed by atoms with Crippen molar-refractivity contribution in [3.05, 3.63) is 57.3 Å². The second kappa shape index (κ2) is 4.04. The Kier molecular flexibility index (Phi) is 2.87. The number of hydrogen-bond donors (Lipinski definition) is 1. The molecule has 0 aliphatic heterocycles. The van der Waals surface area contributed by atoms with Crippen LogP contribution in [0, 0.1) is 13.8 Å². The Morgan fingerprint density at radius 3 is 2.56 bits per heavy atom. The quantitative estimate of drug-likeness (QED) is 0.838. The Labute approximate surface area is 100 Å². The van der Waals surface area contributed by atoms with Gasteiger partial charge in [0.25, 0.3) is 0 Å². The highest BCUT2D eigenvalue weighted by atomic mass is 32.1. The van der Waals surface area contributed by atoms with Crippen LogP contribution in [0.15, 0.2) is 35.0 Å². The first-order chi connectivity index (χ1) is 7.51. The van der Waals surface area contributed by atoms with Crippen LogP contribution in [0.2, 0.25) is 0 Å². The maximum atomic E-state index is 10.7. The Bertz CT molecular complexity index is 483. The summed E-state index contributed by atoms with van der Waals surface area (Å²) in [4.78, 5) is 0. The first-order valence-corrected chi connectivity index (χ1v) is 6.29. The van der Waals surface area contributed by atoms with Crippen molar-refractivity contribution in [3.63, 3.8) is 0 Å². The number of hydrogen-bond acceptors (Lipinski definition) is 2. The first-order valence-electron chi connectivity index (χ1n) is 5.34. The molecule has 0 saturated heterocycles. The summed E-state index contributed by atoms with van der Waals surface area (Å²) >= 11 is 1.61. The topological polar surface area (TPSA) is 20.2 Å². The summed E-state index contributed by atoms with van der Waals surface area (Å²) in [6.45, 7) is 5.94. The molecule has 16 heavy (non-hydrogen) atoms. The van der Waals surface area contributed by atoms with Crippen LogP contribution in [-0.2, 0) is 5.60 Å². The minimum absolute atomic E-state index is 0.893. The smallest absolute Gasteiger partial charge is 0.113 e. The molecule has 0 saturated carbocycles. The van der Waals surface area contributed by atoms with E-state index < -0.39 is 5.60 Å². The minimum atomic E-state index is -0.893. The fourth-order valence-electron chi connectivity index (χ4n) is 1.96. The monoisotopic (exact) mass is 232 g/mol. The molecule has 0 radical (unpaired) electrons. The third-order valence-electron chi connectivity index (χ3n) is 3.00. The van der Waals surface area contributed by atoms with E-state index in [-0.39, 0.29) is 0 Å². The fraction of sp³-hybridized carbons (Fsp3) is 0.286. The molecule has 0 amide bonds. The van der Waals surface area contributed by atoms with E-state index in [2.05, 4.69) is 18.2 Å². The maximum absolute atomic E-state index is 10.7. The van der Waals surface area contributed by atoms with Crippen molar-refractivity contribution >= 4 is 11.3 Å². The number of benzene rings is 1. The third kappa shape index (κ3) is 1.91. The van der Waals surface area contributed by atoms with Crippen LogP contribution < -0.4 is 0 Å². The van der Waals surface area contributed by atoms with Gasteiger partial charge >= 0.3 is 0 Å². The van der Waals surface area contributed by atoms with Gasteiger partial charge in [-0.15, -0.1) is 0 Å². The Hall–Kier alpha value is -1.12. The van der Waals surface area contributed by atoms with E-state index in [0.29, 0.717) is 0 Å². The van der Waals surface area contributed by atoms with Gasteiger partial charge in [-0.1, -0.05) is 23.8 Å². The number of aryl methyl sites for hydroxylation is 2. The molecule has 2 heteroatoms. The van der Waals surface area contributed by atoms with Crippen molar-refractivity contribution in [3.8, 4) is 0 Å². The zero-order valence-corrected chi connectivity index (χ0v) is 10.6. The summed E-state index contributed by atoms with van der Waals surface area (Å²) in [5.41, 5.74) is 3.37. The van der Waals surface area contributed by atoms with Crippen LogP contribution in [0.4, 0.5) is 0 Å². The van der Waals surface area contributed by atoms with Crippen molar-refractivity contribution in [2.24, 2.45) is 0 Å². The molecule has 84 valence electrons. The molecule has 0 bridgehead atoms. The molecule has 2 rings (SSSR count). The lowest BCUT2D eigenvalue weighted by molar-refractivity contribution is 0.102. The summed E-state index contributed by atoms with van der Waals surface area (Å²) in [5, 5.41) is 14.7. The summed E-state index contributed by atoms with van der Waals surface area (Å²) in [5.74, 6) is 0. The lowest BCUT2D eigenvalue weighted by atomic mass is 9.86. The summed E-state index contributed by atoms with van der Waals surface area (Å²) in [6.07, 6.45) is 0. The van der Waals surface area contributed by atoms with Crippen molar-refractivity contribution < 1.29 is 5.11 Å². The second-order valence-electron chi connectivity index (χ2n) is 4.40. The van der Waals surface area contributed by atoms with Gasteiger partial charge in [-0.2, -0.15) is 11.3 Å². The molecule has 2 aromatic rings. The molecule has 0 aliphatic rings. The predicted octanol–water partition coefficient (Wildman–Crippen LogP) is 3.62. The van der Waals surface area contributed by atoms with E-state index >= 15 is 0 Å². The largest absolute Gasteiger partial charge is 0.381 e. The molecule has 1 heterocycles. The fourth-order valence-corrected chi connectivity index (χ4v) is 2.72. The molecule has 1 nitrogen and oxygen atoms in total. The number of rotatable bonds is 2. The van der Waals surface area contributed by atoms with E-state index in [0.717, 1.165) is 16.7 Å². The first kappa shape index (κ1) is 11.4. The lowest BCUT2D eigenvalue weighted by Crippen LogP contribution is -2.23. The zero-order valence-electron chi connectivity index (χ0n) is 9.82. The van der Waals surface area contributed by atoms with Crippen molar-refractivity contribution in [1.29, 1.82) is 0 Å². The van der Waals surface area contributed by atoms with E-state index in [1.807, 2.05) is 37.6 Å². The van der Waals surface area contributed by atoms with Crippen molar-refractivity contribution in [2.75, 3.05) is 0 Å². The standard InChI is InChI=1S/C14H16OS/c1-10-4-5-11(2)13(8-10)14(3,15)12-6-7-16-9-12/h4-9,15H,1-3H3. The highest BCUT2D eigenvalue weighted by Crippen LogP contribution is 2.32. The van der Waals surface area contributed by atoms with Gasteiger partial charge in [0, 0.05) is 0 Å². The lowest BCUT2D eigenvalue weighted by Gasteiger charge is -2.25.